The average Bonchev–Trinajstić information content (AvgIpc) is 2.38. The van der Waals surface area contributed by atoms with Crippen LogP contribution in [0.2, 0.25) is 0 Å². The Kier molecular flexibility index (Phi) is 5.63. The molecule has 1 amide bonds. The number of nitrogen functional groups attached to an aromatic ring is 1. The van der Waals surface area contributed by atoms with Crippen LogP contribution in [-0.4, -0.2) is 42.2 Å². The summed E-state index contributed by atoms with van der Waals surface area (Å²) in [4.78, 5) is 14.1. The minimum absolute atomic E-state index is 0.0561. The van der Waals surface area contributed by atoms with E-state index in [0.717, 1.165) is 0 Å². The van der Waals surface area contributed by atoms with Gasteiger partial charge in [-0.25, -0.2) is 0 Å². The minimum Gasteiger partial charge on any atom is -0.497 e. The molecule has 0 heterocycles. The van der Waals surface area contributed by atoms with Crippen molar-refractivity contribution in [1.29, 1.82) is 0 Å². The lowest BCUT2D eigenvalue weighted by Gasteiger charge is -2.27. The number of carbonyl (C=O) groups excluding carboxylic acids is 1. The van der Waals surface area contributed by atoms with Crippen LogP contribution in [-0.2, 0) is 0 Å². The van der Waals surface area contributed by atoms with Crippen LogP contribution in [0.15, 0.2) is 18.2 Å². The zero-order valence-electron chi connectivity index (χ0n) is 11.7. The molecule has 5 nitrogen and oxygen atoms in total. The van der Waals surface area contributed by atoms with Gasteiger partial charge in [0.05, 0.1) is 12.7 Å². The van der Waals surface area contributed by atoms with E-state index >= 15 is 0 Å². The van der Waals surface area contributed by atoms with E-state index in [1.807, 2.05) is 13.8 Å². The Morgan fingerprint density at radius 3 is 2.63 bits per heavy atom. The first-order valence-electron chi connectivity index (χ1n) is 6.36. The van der Waals surface area contributed by atoms with Crippen LogP contribution in [0.4, 0.5) is 5.69 Å². The molecule has 0 saturated heterocycles. The Morgan fingerprint density at radius 2 is 2.16 bits per heavy atom. The number of nitrogens with zero attached hydrogens (tertiary/aromatic N) is 1. The van der Waals surface area contributed by atoms with Crippen molar-refractivity contribution in [2.45, 2.75) is 26.3 Å². The molecule has 0 aliphatic rings. The third kappa shape index (κ3) is 3.86. The number of amides is 1. The lowest BCUT2D eigenvalue weighted by molar-refractivity contribution is 0.0694. The van der Waals surface area contributed by atoms with Crippen LogP contribution in [0.3, 0.4) is 0 Å². The number of hydrogen-bond donors (Lipinski definition) is 2. The second-order valence-electron chi connectivity index (χ2n) is 4.62. The Morgan fingerprint density at radius 1 is 1.47 bits per heavy atom. The van der Waals surface area contributed by atoms with Crippen molar-refractivity contribution in [2.24, 2.45) is 0 Å². The van der Waals surface area contributed by atoms with Crippen molar-refractivity contribution in [3.05, 3.63) is 23.8 Å². The smallest absolute Gasteiger partial charge is 0.256 e. The number of aliphatic hydroxyl groups is 1. The van der Waals surface area contributed by atoms with Gasteiger partial charge in [0.1, 0.15) is 5.75 Å². The van der Waals surface area contributed by atoms with Gasteiger partial charge in [-0.3, -0.25) is 4.79 Å². The highest BCUT2D eigenvalue weighted by Crippen LogP contribution is 2.21. The number of rotatable bonds is 6. The van der Waals surface area contributed by atoms with Gasteiger partial charge in [-0.15, -0.1) is 0 Å². The van der Waals surface area contributed by atoms with Gasteiger partial charge in [-0.05, 0) is 32.4 Å². The van der Waals surface area contributed by atoms with Gasteiger partial charge in [0, 0.05) is 30.9 Å². The lowest BCUT2D eigenvalue weighted by Crippen LogP contribution is -2.38. The molecule has 5 heteroatoms. The number of carbonyl (C=O) groups is 1. The van der Waals surface area contributed by atoms with E-state index in [-0.39, 0.29) is 18.6 Å². The third-order valence-corrected chi connectivity index (χ3v) is 2.93. The molecule has 0 unspecified atom stereocenters. The Balaban J connectivity index is 2.96. The number of methoxy groups -OCH3 is 1. The summed E-state index contributed by atoms with van der Waals surface area (Å²) in [5.74, 6) is 0.504. The quantitative estimate of drug-likeness (QED) is 0.765. The van der Waals surface area contributed by atoms with E-state index in [1.165, 1.54) is 0 Å². The second-order valence-corrected chi connectivity index (χ2v) is 4.62. The molecule has 0 aliphatic carbocycles. The summed E-state index contributed by atoms with van der Waals surface area (Å²) in [6, 6.07) is 5.08. The fourth-order valence-electron chi connectivity index (χ4n) is 1.85. The number of aliphatic hydroxyl groups excluding tert-OH is 1. The molecule has 0 saturated carbocycles. The fourth-order valence-corrected chi connectivity index (χ4v) is 1.85. The van der Waals surface area contributed by atoms with Crippen molar-refractivity contribution >= 4 is 11.6 Å². The number of benzene rings is 1. The molecule has 106 valence electrons. The van der Waals surface area contributed by atoms with E-state index in [0.29, 0.717) is 30.0 Å². The molecule has 0 radical (unpaired) electrons. The Hall–Kier alpha value is -1.75. The van der Waals surface area contributed by atoms with Crippen LogP contribution < -0.4 is 10.5 Å². The van der Waals surface area contributed by atoms with Crippen molar-refractivity contribution in [3.63, 3.8) is 0 Å². The first kappa shape index (κ1) is 15.3. The molecule has 0 spiro atoms. The van der Waals surface area contributed by atoms with Gasteiger partial charge in [-0.1, -0.05) is 0 Å². The largest absolute Gasteiger partial charge is 0.497 e. The summed E-state index contributed by atoms with van der Waals surface area (Å²) in [6.45, 7) is 4.46. The third-order valence-electron chi connectivity index (χ3n) is 2.93. The highest BCUT2D eigenvalue weighted by molar-refractivity contribution is 5.99. The normalized spacial score (nSPS) is 10.6. The van der Waals surface area contributed by atoms with Crippen LogP contribution in [0.25, 0.3) is 0 Å². The zero-order chi connectivity index (χ0) is 14.4. The van der Waals surface area contributed by atoms with Crippen LogP contribution in [0.1, 0.15) is 30.6 Å². The zero-order valence-corrected chi connectivity index (χ0v) is 11.7. The molecular weight excluding hydrogens is 244 g/mol. The second kappa shape index (κ2) is 6.99. The Labute approximate surface area is 114 Å². The van der Waals surface area contributed by atoms with Gasteiger partial charge in [-0.2, -0.15) is 0 Å². The summed E-state index contributed by atoms with van der Waals surface area (Å²) in [7, 11) is 1.55. The van der Waals surface area contributed by atoms with Crippen LogP contribution >= 0.6 is 0 Å². The first-order valence-corrected chi connectivity index (χ1v) is 6.36. The summed E-state index contributed by atoms with van der Waals surface area (Å²) >= 11 is 0. The highest BCUT2D eigenvalue weighted by atomic mass is 16.5. The summed E-state index contributed by atoms with van der Waals surface area (Å²) in [5, 5.41) is 8.89. The maximum atomic E-state index is 12.4. The molecule has 1 rings (SSSR count). The molecule has 3 N–H and O–H groups in total. The van der Waals surface area contributed by atoms with Crippen LogP contribution in [0, 0.1) is 0 Å². The fraction of sp³-hybridized carbons (Fsp3) is 0.500. The highest BCUT2D eigenvalue weighted by Gasteiger charge is 2.20. The van der Waals surface area contributed by atoms with Gasteiger partial charge in [0.2, 0.25) is 0 Å². The predicted molar refractivity (Wildman–Crippen MR) is 75.3 cm³/mol. The van der Waals surface area contributed by atoms with Gasteiger partial charge >= 0.3 is 0 Å². The van der Waals surface area contributed by atoms with Crippen LogP contribution in [0.5, 0.6) is 5.75 Å². The number of anilines is 1. The van der Waals surface area contributed by atoms with E-state index in [2.05, 4.69) is 0 Å². The van der Waals surface area contributed by atoms with Crippen molar-refractivity contribution in [1.82, 2.24) is 4.90 Å². The van der Waals surface area contributed by atoms with Crippen molar-refractivity contribution in [2.75, 3.05) is 26.0 Å². The van der Waals surface area contributed by atoms with Crippen molar-refractivity contribution < 1.29 is 14.6 Å². The lowest BCUT2D eigenvalue weighted by atomic mass is 10.1. The summed E-state index contributed by atoms with van der Waals surface area (Å²) in [6.07, 6.45) is 0.556. The maximum absolute atomic E-state index is 12.4. The molecule has 0 aromatic heterocycles. The number of nitrogens with two attached hydrogens (primary N) is 1. The van der Waals surface area contributed by atoms with Gasteiger partial charge < -0.3 is 20.5 Å². The first-order chi connectivity index (χ1) is 9.01. The Bertz CT molecular complexity index is 433. The van der Waals surface area contributed by atoms with Gasteiger partial charge in [0.15, 0.2) is 0 Å². The predicted octanol–water partition coefficient (Wildman–Crippen LogP) is 1.51. The average molecular weight is 266 g/mol. The van der Waals surface area contributed by atoms with E-state index in [9.17, 15) is 4.79 Å². The van der Waals surface area contributed by atoms with E-state index in [4.69, 9.17) is 15.6 Å². The topological polar surface area (TPSA) is 75.8 Å². The molecule has 0 aliphatic heterocycles. The molecule has 19 heavy (non-hydrogen) atoms. The molecular formula is C14H22N2O3. The molecule has 0 fully saturated rings. The van der Waals surface area contributed by atoms with E-state index < -0.39 is 0 Å². The molecule has 1 aromatic rings. The molecule has 1 aromatic carbocycles. The minimum atomic E-state index is -0.122. The monoisotopic (exact) mass is 266 g/mol. The van der Waals surface area contributed by atoms with Gasteiger partial charge in [0.25, 0.3) is 5.91 Å². The maximum Gasteiger partial charge on any atom is 0.256 e. The summed E-state index contributed by atoms with van der Waals surface area (Å²) in [5.41, 5.74) is 6.75. The number of ether oxygens (including phenoxy) is 1. The summed E-state index contributed by atoms with van der Waals surface area (Å²) < 4.78 is 5.06. The van der Waals surface area contributed by atoms with Crippen molar-refractivity contribution in [3.8, 4) is 5.75 Å². The number of hydrogen-bond acceptors (Lipinski definition) is 4. The van der Waals surface area contributed by atoms with E-state index in [1.54, 1.807) is 30.2 Å². The molecule has 0 bridgehead atoms. The SMILES string of the molecule is COc1ccc(C(=O)N(CCCO)C(C)C)c(N)c1. The molecule has 0 atom stereocenters. The standard InChI is InChI=1S/C14H22N2O3/c1-10(2)16(7-4-8-17)14(18)12-6-5-11(19-3)9-13(12)15/h5-6,9-10,17H,4,7-8,15H2,1-3H3.